The number of hydrogen-bond acceptors (Lipinski definition) is 7. The molecule has 0 aliphatic rings. The second-order valence-electron chi connectivity index (χ2n) is 9.57. The molecule has 0 saturated heterocycles. The maximum absolute atomic E-state index is 12.7. The van der Waals surface area contributed by atoms with Crippen LogP contribution in [0.1, 0.15) is 27.0 Å². The average molecular weight is 610 g/mol. The van der Waals surface area contributed by atoms with Crippen molar-refractivity contribution in [1.29, 1.82) is 0 Å². The van der Waals surface area contributed by atoms with Crippen molar-refractivity contribution in [3.8, 4) is 17.0 Å². The van der Waals surface area contributed by atoms with Crippen molar-refractivity contribution in [2.75, 3.05) is 17.2 Å². The molecule has 3 N–H and O–H groups in total. The van der Waals surface area contributed by atoms with Gasteiger partial charge in [-0.2, -0.15) is 5.10 Å². The minimum atomic E-state index is -0.363. The van der Waals surface area contributed by atoms with E-state index in [9.17, 15) is 9.59 Å². The fraction of sp³-hybridized carbons (Fsp3) is 0.0909. The second-order valence-corrected chi connectivity index (χ2v) is 10.9. The molecule has 5 aromatic rings. The van der Waals surface area contributed by atoms with E-state index in [1.807, 2.05) is 79.9 Å². The molecular formula is C33H28ClN5O3S. The van der Waals surface area contributed by atoms with Crippen LogP contribution in [0.5, 0.6) is 5.75 Å². The van der Waals surface area contributed by atoms with Crippen molar-refractivity contribution < 1.29 is 14.3 Å². The topological polar surface area (TPSA) is 105 Å². The van der Waals surface area contributed by atoms with Gasteiger partial charge in [0, 0.05) is 38.5 Å². The highest BCUT2D eigenvalue weighted by molar-refractivity contribution is 7.14. The molecule has 0 saturated carbocycles. The van der Waals surface area contributed by atoms with Gasteiger partial charge < -0.3 is 15.4 Å². The molecule has 5 rings (SSSR count). The van der Waals surface area contributed by atoms with Crippen LogP contribution in [0.3, 0.4) is 0 Å². The van der Waals surface area contributed by atoms with Crippen LogP contribution < -0.4 is 20.8 Å². The van der Waals surface area contributed by atoms with Crippen LogP contribution in [-0.4, -0.2) is 29.6 Å². The number of ether oxygens (including phenoxy) is 1. The number of rotatable bonds is 10. The number of nitrogens with zero attached hydrogens (tertiary/aromatic N) is 2. The van der Waals surface area contributed by atoms with E-state index in [1.54, 1.807) is 30.3 Å². The highest BCUT2D eigenvalue weighted by atomic mass is 35.5. The Bertz CT molecular complexity index is 1770. The third kappa shape index (κ3) is 7.85. The van der Waals surface area contributed by atoms with E-state index < -0.39 is 0 Å². The summed E-state index contributed by atoms with van der Waals surface area (Å²) in [5.74, 6) is -0.171. The number of hydrogen-bond donors (Lipinski definition) is 3. The van der Waals surface area contributed by atoms with E-state index in [-0.39, 0.29) is 18.4 Å². The van der Waals surface area contributed by atoms with Crippen LogP contribution in [0.4, 0.5) is 16.5 Å². The molecule has 1 aromatic heterocycles. The van der Waals surface area contributed by atoms with Gasteiger partial charge in [0.15, 0.2) is 11.7 Å². The third-order valence-corrected chi connectivity index (χ3v) is 7.58. The van der Waals surface area contributed by atoms with Gasteiger partial charge in [-0.15, -0.1) is 11.3 Å². The van der Waals surface area contributed by atoms with E-state index in [2.05, 4.69) is 26.1 Å². The minimum absolute atomic E-state index is 0.172. The Morgan fingerprint density at radius 1 is 0.953 bits per heavy atom. The molecule has 0 spiro atoms. The molecular weight excluding hydrogens is 582 g/mol. The Labute approximate surface area is 258 Å². The quantitative estimate of drug-likeness (QED) is 0.112. The van der Waals surface area contributed by atoms with Crippen LogP contribution in [0.2, 0.25) is 5.02 Å². The van der Waals surface area contributed by atoms with Gasteiger partial charge in [-0.05, 0) is 79.6 Å². The third-order valence-electron chi connectivity index (χ3n) is 6.57. The van der Waals surface area contributed by atoms with Gasteiger partial charge in [-0.3, -0.25) is 9.59 Å². The molecule has 0 aliphatic heterocycles. The lowest BCUT2D eigenvalue weighted by Crippen LogP contribution is -2.21. The maximum Gasteiger partial charge on any atom is 0.271 e. The van der Waals surface area contributed by atoms with Gasteiger partial charge in [-0.1, -0.05) is 48.0 Å². The Kier molecular flexibility index (Phi) is 9.46. The van der Waals surface area contributed by atoms with Crippen molar-refractivity contribution in [2.24, 2.45) is 5.10 Å². The highest BCUT2D eigenvalue weighted by Crippen LogP contribution is 2.28. The summed E-state index contributed by atoms with van der Waals surface area (Å²) in [6, 6.07) is 27.4. The fourth-order valence-electron chi connectivity index (χ4n) is 4.07. The zero-order chi connectivity index (χ0) is 30.2. The number of anilines is 3. The first kappa shape index (κ1) is 29.5. The molecule has 0 bridgehead atoms. The van der Waals surface area contributed by atoms with E-state index in [1.165, 1.54) is 17.6 Å². The number of carbonyl (C=O) groups is 2. The Morgan fingerprint density at radius 3 is 2.51 bits per heavy atom. The number of amides is 2. The van der Waals surface area contributed by atoms with Crippen LogP contribution in [-0.2, 0) is 4.79 Å². The van der Waals surface area contributed by atoms with Gasteiger partial charge in [0.05, 0.1) is 11.9 Å². The predicted molar refractivity (Wildman–Crippen MR) is 174 cm³/mol. The number of aromatic nitrogens is 1. The van der Waals surface area contributed by atoms with Gasteiger partial charge in [0.25, 0.3) is 11.8 Å². The molecule has 0 unspecified atom stereocenters. The molecule has 0 fully saturated rings. The highest BCUT2D eigenvalue weighted by Gasteiger charge is 2.10. The van der Waals surface area contributed by atoms with Crippen LogP contribution in [0.15, 0.2) is 101 Å². The Morgan fingerprint density at radius 2 is 1.72 bits per heavy atom. The number of aryl methyl sites for hydroxylation is 1. The standard InChI is InChI=1S/C33H28ClN5O3S/c1-21-6-5-8-28(22(21)2)37-31(40)19-42-30-9-4-3-7-25(30)18-35-39-32(41)24-12-10-23(11-13-24)29-20-43-33(38-29)36-27-16-14-26(34)15-17-27/h3-18,20H,19H2,1-2H3,(H,36,38)(H,37,40)(H,39,41)/b35-18-. The van der Waals surface area contributed by atoms with Crippen molar-refractivity contribution in [3.63, 3.8) is 0 Å². The van der Waals surface area contributed by atoms with Crippen molar-refractivity contribution in [3.05, 3.63) is 124 Å². The summed E-state index contributed by atoms with van der Waals surface area (Å²) in [7, 11) is 0. The first-order valence-electron chi connectivity index (χ1n) is 13.4. The summed E-state index contributed by atoms with van der Waals surface area (Å²) in [6.45, 7) is 3.78. The lowest BCUT2D eigenvalue weighted by Gasteiger charge is -2.12. The van der Waals surface area contributed by atoms with E-state index in [4.69, 9.17) is 16.3 Å². The number of para-hydroxylation sites is 1. The summed E-state index contributed by atoms with van der Waals surface area (Å²) in [5.41, 5.74) is 9.03. The molecule has 4 aromatic carbocycles. The lowest BCUT2D eigenvalue weighted by atomic mass is 10.1. The number of benzene rings is 4. The van der Waals surface area contributed by atoms with Crippen molar-refractivity contribution in [1.82, 2.24) is 10.4 Å². The molecule has 2 amide bonds. The summed E-state index contributed by atoms with van der Waals surface area (Å²) in [6.07, 6.45) is 1.48. The molecule has 216 valence electrons. The van der Waals surface area contributed by atoms with Gasteiger partial charge in [0.2, 0.25) is 0 Å². The number of carbonyl (C=O) groups excluding carboxylic acids is 2. The number of nitrogens with one attached hydrogen (secondary N) is 3. The normalized spacial score (nSPS) is 10.9. The zero-order valence-corrected chi connectivity index (χ0v) is 25.0. The SMILES string of the molecule is Cc1cccc(NC(=O)COc2ccccc2/C=N\NC(=O)c2ccc(-c3csc(Nc4ccc(Cl)cc4)n3)cc2)c1C. The molecule has 43 heavy (non-hydrogen) atoms. The lowest BCUT2D eigenvalue weighted by molar-refractivity contribution is -0.118. The van der Waals surface area contributed by atoms with Gasteiger partial charge in [-0.25, -0.2) is 10.4 Å². The molecule has 0 aliphatic carbocycles. The van der Waals surface area contributed by atoms with Gasteiger partial charge in [0.1, 0.15) is 5.75 Å². The fourth-order valence-corrected chi connectivity index (χ4v) is 4.94. The molecule has 10 heteroatoms. The van der Waals surface area contributed by atoms with Crippen molar-refractivity contribution >= 4 is 57.5 Å². The second kappa shape index (κ2) is 13.8. The van der Waals surface area contributed by atoms with Crippen LogP contribution in [0, 0.1) is 13.8 Å². The zero-order valence-electron chi connectivity index (χ0n) is 23.4. The Balaban J connectivity index is 1.15. The Hall–Kier alpha value is -4.99. The van der Waals surface area contributed by atoms with Crippen LogP contribution >= 0.6 is 22.9 Å². The van der Waals surface area contributed by atoms with Crippen LogP contribution in [0.25, 0.3) is 11.3 Å². The predicted octanol–water partition coefficient (Wildman–Crippen LogP) is 7.61. The van der Waals surface area contributed by atoms with Gasteiger partial charge >= 0.3 is 0 Å². The van der Waals surface area contributed by atoms with E-state index >= 15 is 0 Å². The molecule has 0 radical (unpaired) electrons. The monoisotopic (exact) mass is 609 g/mol. The van der Waals surface area contributed by atoms with Crippen molar-refractivity contribution in [2.45, 2.75) is 13.8 Å². The summed E-state index contributed by atoms with van der Waals surface area (Å²) < 4.78 is 5.75. The first-order chi connectivity index (χ1) is 20.9. The van der Waals surface area contributed by atoms with E-state index in [0.717, 1.165) is 38.9 Å². The number of hydrazone groups is 1. The average Bonchev–Trinajstić information content (AvgIpc) is 3.48. The molecule has 1 heterocycles. The largest absolute Gasteiger partial charge is 0.483 e. The number of thiazole rings is 1. The maximum atomic E-state index is 12.7. The summed E-state index contributed by atoms with van der Waals surface area (Å²) in [5, 5.41) is 13.6. The molecule has 0 atom stereocenters. The smallest absolute Gasteiger partial charge is 0.271 e. The number of halogens is 1. The summed E-state index contributed by atoms with van der Waals surface area (Å²) in [4.78, 5) is 29.8. The first-order valence-corrected chi connectivity index (χ1v) is 14.6. The summed E-state index contributed by atoms with van der Waals surface area (Å²) >= 11 is 7.44. The minimum Gasteiger partial charge on any atom is -0.483 e. The van der Waals surface area contributed by atoms with E-state index in [0.29, 0.717) is 21.9 Å². The molecule has 8 nitrogen and oxygen atoms in total.